The summed E-state index contributed by atoms with van der Waals surface area (Å²) >= 11 is 1.85. The summed E-state index contributed by atoms with van der Waals surface area (Å²) in [5.41, 5.74) is -0.790. The number of carboxylic acids is 1. The molecule has 2 aliphatic rings. The topological polar surface area (TPSA) is 66.4 Å². The SMILES string of the molecule is CSC1CCC(NC(=O)CC2(C(=O)O)CCCC2)C1. The van der Waals surface area contributed by atoms with E-state index in [1.807, 2.05) is 11.8 Å². The van der Waals surface area contributed by atoms with Crippen LogP contribution in [-0.2, 0) is 9.59 Å². The molecule has 5 heteroatoms. The van der Waals surface area contributed by atoms with Crippen molar-refractivity contribution in [1.29, 1.82) is 0 Å². The van der Waals surface area contributed by atoms with Crippen molar-refractivity contribution < 1.29 is 14.7 Å². The first-order valence-electron chi connectivity index (χ1n) is 7.11. The predicted molar refractivity (Wildman–Crippen MR) is 76.2 cm³/mol. The third kappa shape index (κ3) is 3.44. The molecule has 0 aromatic rings. The van der Waals surface area contributed by atoms with Crippen LogP contribution in [0.1, 0.15) is 51.4 Å². The third-order valence-corrected chi connectivity index (χ3v) is 5.69. The second kappa shape index (κ2) is 6.16. The minimum Gasteiger partial charge on any atom is -0.481 e. The molecule has 0 aliphatic heterocycles. The summed E-state index contributed by atoms with van der Waals surface area (Å²) in [7, 11) is 0. The van der Waals surface area contributed by atoms with Crippen molar-refractivity contribution in [3.63, 3.8) is 0 Å². The molecular formula is C14H23NO3S. The van der Waals surface area contributed by atoms with Gasteiger partial charge in [0.25, 0.3) is 0 Å². The molecule has 0 heterocycles. The lowest BCUT2D eigenvalue weighted by Gasteiger charge is -2.24. The van der Waals surface area contributed by atoms with Gasteiger partial charge in [-0.2, -0.15) is 11.8 Å². The van der Waals surface area contributed by atoms with Crippen molar-refractivity contribution >= 4 is 23.6 Å². The van der Waals surface area contributed by atoms with Crippen LogP contribution in [0.4, 0.5) is 0 Å². The Morgan fingerprint density at radius 1 is 1.32 bits per heavy atom. The molecule has 0 bridgehead atoms. The number of carbonyl (C=O) groups is 2. The van der Waals surface area contributed by atoms with Gasteiger partial charge in [0.15, 0.2) is 0 Å². The van der Waals surface area contributed by atoms with E-state index in [1.165, 1.54) is 0 Å². The zero-order valence-corrected chi connectivity index (χ0v) is 12.3. The summed E-state index contributed by atoms with van der Waals surface area (Å²) in [5.74, 6) is -0.871. The number of nitrogens with one attached hydrogen (secondary N) is 1. The maximum absolute atomic E-state index is 12.1. The fraction of sp³-hybridized carbons (Fsp3) is 0.857. The van der Waals surface area contributed by atoms with Crippen molar-refractivity contribution in [2.45, 2.75) is 62.7 Å². The highest BCUT2D eigenvalue weighted by Gasteiger charge is 2.43. The van der Waals surface area contributed by atoms with Gasteiger partial charge in [-0.15, -0.1) is 0 Å². The Morgan fingerprint density at radius 2 is 2.00 bits per heavy atom. The molecular weight excluding hydrogens is 262 g/mol. The fourth-order valence-electron chi connectivity index (χ4n) is 3.39. The van der Waals surface area contributed by atoms with Crippen molar-refractivity contribution in [2.75, 3.05) is 6.26 Å². The molecule has 2 N–H and O–H groups in total. The van der Waals surface area contributed by atoms with Gasteiger partial charge in [0.2, 0.25) is 5.91 Å². The van der Waals surface area contributed by atoms with Gasteiger partial charge >= 0.3 is 5.97 Å². The number of rotatable bonds is 5. The normalized spacial score (nSPS) is 29.3. The van der Waals surface area contributed by atoms with E-state index in [0.29, 0.717) is 18.1 Å². The third-order valence-electron chi connectivity index (χ3n) is 4.60. The van der Waals surface area contributed by atoms with Crippen LogP contribution in [0, 0.1) is 5.41 Å². The van der Waals surface area contributed by atoms with Gasteiger partial charge in [0.05, 0.1) is 5.41 Å². The first-order chi connectivity index (χ1) is 9.05. The maximum atomic E-state index is 12.1. The number of amides is 1. The lowest BCUT2D eigenvalue weighted by atomic mass is 9.82. The Labute approximate surface area is 118 Å². The average molecular weight is 285 g/mol. The molecule has 2 aliphatic carbocycles. The predicted octanol–water partition coefficient (Wildman–Crippen LogP) is 2.42. The van der Waals surface area contributed by atoms with Crippen LogP contribution in [0.3, 0.4) is 0 Å². The summed E-state index contributed by atoms with van der Waals surface area (Å²) < 4.78 is 0. The van der Waals surface area contributed by atoms with E-state index in [9.17, 15) is 14.7 Å². The molecule has 4 nitrogen and oxygen atoms in total. The Kier molecular flexibility index (Phi) is 4.76. The van der Waals surface area contributed by atoms with E-state index in [0.717, 1.165) is 32.1 Å². The van der Waals surface area contributed by atoms with E-state index in [-0.39, 0.29) is 18.4 Å². The molecule has 0 aromatic carbocycles. The monoisotopic (exact) mass is 285 g/mol. The van der Waals surface area contributed by atoms with Gasteiger partial charge in [-0.1, -0.05) is 12.8 Å². The minimum absolute atomic E-state index is 0.0731. The molecule has 2 atom stereocenters. The van der Waals surface area contributed by atoms with Gasteiger partial charge in [-0.05, 0) is 38.4 Å². The van der Waals surface area contributed by atoms with E-state index in [4.69, 9.17) is 0 Å². The Balaban J connectivity index is 1.85. The largest absolute Gasteiger partial charge is 0.481 e. The van der Waals surface area contributed by atoms with Crippen molar-refractivity contribution in [3.8, 4) is 0 Å². The first-order valence-corrected chi connectivity index (χ1v) is 8.40. The molecule has 2 fully saturated rings. The quantitative estimate of drug-likeness (QED) is 0.814. The Morgan fingerprint density at radius 3 is 2.53 bits per heavy atom. The smallest absolute Gasteiger partial charge is 0.310 e. The highest BCUT2D eigenvalue weighted by molar-refractivity contribution is 7.99. The molecule has 19 heavy (non-hydrogen) atoms. The lowest BCUT2D eigenvalue weighted by molar-refractivity contribution is -0.151. The number of carbonyl (C=O) groups excluding carboxylic acids is 1. The van der Waals surface area contributed by atoms with Gasteiger partial charge in [-0.3, -0.25) is 9.59 Å². The molecule has 0 radical (unpaired) electrons. The van der Waals surface area contributed by atoms with Gasteiger partial charge in [0.1, 0.15) is 0 Å². The highest BCUT2D eigenvalue weighted by Crippen LogP contribution is 2.41. The minimum atomic E-state index is -0.798. The van der Waals surface area contributed by atoms with Crippen LogP contribution in [0.2, 0.25) is 0 Å². The van der Waals surface area contributed by atoms with E-state index in [1.54, 1.807) is 0 Å². The lowest BCUT2D eigenvalue weighted by Crippen LogP contribution is -2.39. The summed E-state index contributed by atoms with van der Waals surface area (Å²) in [6, 6.07) is 0.247. The first kappa shape index (κ1) is 14.7. The van der Waals surface area contributed by atoms with E-state index in [2.05, 4.69) is 11.6 Å². The number of hydrogen-bond acceptors (Lipinski definition) is 3. The number of carboxylic acid groups (broad SMARTS) is 1. The summed E-state index contributed by atoms with van der Waals surface area (Å²) in [6.45, 7) is 0. The molecule has 2 rings (SSSR count). The number of thioether (sulfide) groups is 1. The van der Waals surface area contributed by atoms with Crippen molar-refractivity contribution in [2.24, 2.45) is 5.41 Å². The van der Waals surface area contributed by atoms with Gasteiger partial charge < -0.3 is 10.4 Å². The second-order valence-electron chi connectivity index (χ2n) is 5.90. The van der Waals surface area contributed by atoms with Crippen molar-refractivity contribution in [1.82, 2.24) is 5.32 Å². The Hall–Kier alpha value is -0.710. The zero-order valence-electron chi connectivity index (χ0n) is 11.5. The van der Waals surface area contributed by atoms with Crippen LogP contribution in [0.15, 0.2) is 0 Å². The molecule has 0 spiro atoms. The Bertz CT molecular complexity index is 353. The van der Waals surface area contributed by atoms with Crippen LogP contribution in [0.5, 0.6) is 0 Å². The van der Waals surface area contributed by atoms with Crippen LogP contribution < -0.4 is 5.32 Å². The standard InChI is InChI=1S/C14H23NO3S/c1-19-11-5-4-10(8-11)15-12(16)9-14(13(17)18)6-2-3-7-14/h10-11H,2-9H2,1H3,(H,15,16)(H,17,18). The summed E-state index contributed by atoms with van der Waals surface area (Å²) in [6.07, 6.45) is 8.60. The maximum Gasteiger partial charge on any atom is 0.310 e. The highest BCUT2D eigenvalue weighted by atomic mass is 32.2. The van der Waals surface area contributed by atoms with Gasteiger partial charge in [-0.25, -0.2) is 0 Å². The fourth-order valence-corrected chi connectivity index (χ4v) is 4.19. The van der Waals surface area contributed by atoms with E-state index >= 15 is 0 Å². The summed E-state index contributed by atoms with van der Waals surface area (Å²) in [5, 5.41) is 13.0. The molecule has 0 saturated heterocycles. The van der Waals surface area contributed by atoms with E-state index < -0.39 is 11.4 Å². The zero-order chi connectivity index (χ0) is 13.9. The molecule has 108 valence electrons. The van der Waals surface area contributed by atoms with Crippen LogP contribution in [-0.4, -0.2) is 34.5 Å². The van der Waals surface area contributed by atoms with Crippen molar-refractivity contribution in [3.05, 3.63) is 0 Å². The number of hydrogen-bond donors (Lipinski definition) is 2. The summed E-state index contributed by atoms with van der Waals surface area (Å²) in [4.78, 5) is 23.5. The molecule has 2 saturated carbocycles. The molecule has 2 unspecified atom stereocenters. The van der Waals surface area contributed by atoms with Crippen LogP contribution in [0.25, 0.3) is 0 Å². The number of aliphatic carboxylic acids is 1. The second-order valence-corrected chi connectivity index (χ2v) is 7.04. The van der Waals surface area contributed by atoms with Crippen LogP contribution >= 0.6 is 11.8 Å². The molecule has 1 amide bonds. The average Bonchev–Trinajstić information content (AvgIpc) is 2.98. The molecule has 0 aromatic heterocycles. The van der Waals surface area contributed by atoms with Gasteiger partial charge in [0, 0.05) is 17.7 Å².